The summed E-state index contributed by atoms with van der Waals surface area (Å²) in [6.07, 6.45) is 6.91. The lowest BCUT2D eigenvalue weighted by atomic mass is 9.93. The largest absolute Gasteiger partial charge is 0.310 e. The number of thiophene rings is 1. The molecule has 0 bridgehead atoms. The van der Waals surface area contributed by atoms with E-state index in [9.17, 15) is 0 Å². The lowest BCUT2D eigenvalue weighted by Crippen LogP contribution is -2.27. The van der Waals surface area contributed by atoms with E-state index in [1.807, 2.05) is 11.3 Å². The molecule has 2 heteroatoms. The van der Waals surface area contributed by atoms with Gasteiger partial charge in [0.2, 0.25) is 0 Å². The Kier molecular flexibility index (Phi) is 4.42. The summed E-state index contributed by atoms with van der Waals surface area (Å²) in [5.74, 6) is 0.876. The van der Waals surface area contributed by atoms with E-state index in [0.29, 0.717) is 6.04 Å². The van der Waals surface area contributed by atoms with E-state index in [1.165, 1.54) is 42.5 Å². The number of nitrogens with one attached hydrogen (secondary N) is 1. The highest BCUT2D eigenvalue weighted by Gasteiger charge is 2.26. The molecule has 1 aromatic rings. The van der Waals surface area contributed by atoms with Crippen molar-refractivity contribution in [1.82, 2.24) is 5.32 Å². The molecule has 1 unspecified atom stereocenters. The summed E-state index contributed by atoms with van der Waals surface area (Å²) in [4.78, 5) is 1.44. The van der Waals surface area contributed by atoms with Crippen LogP contribution in [0, 0.1) is 12.8 Å². The van der Waals surface area contributed by atoms with Crippen LogP contribution in [0.15, 0.2) is 11.4 Å². The van der Waals surface area contributed by atoms with E-state index in [2.05, 4.69) is 30.6 Å². The second-order valence-electron chi connectivity index (χ2n) is 4.97. The number of rotatable bonds is 5. The fourth-order valence-corrected chi connectivity index (χ4v) is 3.51. The predicted molar refractivity (Wildman–Crippen MR) is 72.0 cm³/mol. The summed E-state index contributed by atoms with van der Waals surface area (Å²) in [7, 11) is 0. The molecule has 1 atom stereocenters. The summed E-state index contributed by atoms with van der Waals surface area (Å²) < 4.78 is 0. The molecule has 1 heterocycles. The van der Waals surface area contributed by atoms with E-state index in [0.717, 1.165) is 12.5 Å². The lowest BCUT2D eigenvalue weighted by Gasteiger charge is -2.24. The molecule has 0 aromatic carbocycles. The average molecular weight is 237 g/mol. The van der Waals surface area contributed by atoms with Gasteiger partial charge in [0, 0.05) is 10.9 Å². The van der Waals surface area contributed by atoms with Gasteiger partial charge in [-0.1, -0.05) is 19.8 Å². The highest BCUT2D eigenvalue weighted by atomic mass is 32.1. The van der Waals surface area contributed by atoms with Gasteiger partial charge < -0.3 is 5.32 Å². The molecule has 1 aliphatic carbocycles. The zero-order valence-electron chi connectivity index (χ0n) is 10.5. The minimum atomic E-state index is 0.618. The third kappa shape index (κ3) is 2.86. The first-order valence-electron chi connectivity index (χ1n) is 6.59. The van der Waals surface area contributed by atoms with Gasteiger partial charge >= 0.3 is 0 Å². The summed E-state index contributed by atoms with van der Waals surface area (Å²) in [6, 6.07) is 2.99. The smallest absolute Gasteiger partial charge is 0.0357 e. The Morgan fingerprint density at radius 2 is 2.19 bits per heavy atom. The van der Waals surface area contributed by atoms with E-state index >= 15 is 0 Å². The Balaban J connectivity index is 2.06. The van der Waals surface area contributed by atoms with Crippen LogP contribution in [0.2, 0.25) is 0 Å². The molecule has 16 heavy (non-hydrogen) atoms. The molecule has 0 aliphatic heterocycles. The van der Waals surface area contributed by atoms with E-state index in [4.69, 9.17) is 0 Å². The Hall–Kier alpha value is -0.340. The van der Waals surface area contributed by atoms with Gasteiger partial charge in [-0.05, 0) is 55.7 Å². The highest BCUT2D eigenvalue weighted by Crippen LogP contribution is 2.37. The van der Waals surface area contributed by atoms with Crippen molar-refractivity contribution >= 4 is 11.3 Å². The summed E-state index contributed by atoms with van der Waals surface area (Å²) in [6.45, 7) is 5.60. The third-order valence-corrected chi connectivity index (χ3v) is 4.48. The van der Waals surface area contributed by atoms with Gasteiger partial charge in [-0.25, -0.2) is 0 Å². The van der Waals surface area contributed by atoms with Crippen LogP contribution in [-0.2, 0) is 0 Å². The number of aryl methyl sites for hydroxylation is 1. The van der Waals surface area contributed by atoms with Gasteiger partial charge in [0.1, 0.15) is 0 Å². The van der Waals surface area contributed by atoms with Crippen molar-refractivity contribution in [2.24, 2.45) is 5.92 Å². The SMILES string of the molecule is CCCNC(c1csc(C)c1)C1CCCC1. The maximum Gasteiger partial charge on any atom is 0.0357 e. The molecule has 1 N–H and O–H groups in total. The summed E-state index contributed by atoms with van der Waals surface area (Å²) in [5.41, 5.74) is 1.53. The molecule has 1 aromatic heterocycles. The molecule has 0 saturated heterocycles. The maximum absolute atomic E-state index is 3.75. The summed E-state index contributed by atoms with van der Waals surface area (Å²) in [5, 5.41) is 6.10. The van der Waals surface area contributed by atoms with Crippen molar-refractivity contribution < 1.29 is 0 Å². The first-order valence-corrected chi connectivity index (χ1v) is 7.47. The second-order valence-corrected chi connectivity index (χ2v) is 6.08. The zero-order chi connectivity index (χ0) is 11.4. The number of hydrogen-bond donors (Lipinski definition) is 1. The van der Waals surface area contributed by atoms with Gasteiger partial charge in [-0.15, -0.1) is 11.3 Å². The minimum Gasteiger partial charge on any atom is -0.310 e. The molecule has 90 valence electrons. The Labute approximate surface area is 103 Å². The monoisotopic (exact) mass is 237 g/mol. The quantitative estimate of drug-likeness (QED) is 0.805. The van der Waals surface area contributed by atoms with Crippen LogP contribution < -0.4 is 5.32 Å². The molecular formula is C14H23NS. The van der Waals surface area contributed by atoms with Crippen molar-refractivity contribution in [2.75, 3.05) is 6.54 Å². The lowest BCUT2D eigenvalue weighted by molar-refractivity contribution is 0.369. The Bertz CT molecular complexity index is 312. The number of hydrogen-bond acceptors (Lipinski definition) is 2. The van der Waals surface area contributed by atoms with E-state index < -0.39 is 0 Å². The fourth-order valence-electron chi connectivity index (χ4n) is 2.77. The van der Waals surface area contributed by atoms with Gasteiger partial charge in [0.05, 0.1) is 0 Å². The topological polar surface area (TPSA) is 12.0 Å². The van der Waals surface area contributed by atoms with Crippen molar-refractivity contribution in [1.29, 1.82) is 0 Å². The zero-order valence-corrected chi connectivity index (χ0v) is 11.3. The van der Waals surface area contributed by atoms with Crippen molar-refractivity contribution in [3.05, 3.63) is 21.9 Å². The molecule has 1 saturated carbocycles. The Morgan fingerprint density at radius 3 is 2.75 bits per heavy atom. The maximum atomic E-state index is 3.75. The predicted octanol–water partition coefficient (Wildman–Crippen LogP) is 4.29. The van der Waals surface area contributed by atoms with Crippen LogP contribution in [0.25, 0.3) is 0 Å². The van der Waals surface area contributed by atoms with Crippen LogP contribution in [0.4, 0.5) is 0 Å². The minimum absolute atomic E-state index is 0.618. The van der Waals surface area contributed by atoms with E-state index in [1.54, 1.807) is 0 Å². The van der Waals surface area contributed by atoms with Crippen LogP contribution in [0.5, 0.6) is 0 Å². The van der Waals surface area contributed by atoms with Gasteiger partial charge in [0.15, 0.2) is 0 Å². The summed E-state index contributed by atoms with van der Waals surface area (Å²) >= 11 is 1.88. The third-order valence-electron chi connectivity index (χ3n) is 3.60. The molecular weight excluding hydrogens is 214 g/mol. The van der Waals surface area contributed by atoms with Gasteiger partial charge in [-0.3, -0.25) is 0 Å². The first kappa shape index (κ1) is 12.1. The molecule has 1 nitrogen and oxygen atoms in total. The van der Waals surface area contributed by atoms with Crippen LogP contribution in [0.3, 0.4) is 0 Å². The standard InChI is InChI=1S/C14H23NS/c1-3-8-15-14(12-6-4-5-7-12)13-9-11(2)16-10-13/h9-10,12,14-15H,3-8H2,1-2H3. The fraction of sp³-hybridized carbons (Fsp3) is 0.714. The normalized spacial score (nSPS) is 19.1. The average Bonchev–Trinajstić information content (AvgIpc) is 2.91. The second kappa shape index (κ2) is 5.83. The molecule has 2 rings (SSSR count). The van der Waals surface area contributed by atoms with Crippen molar-refractivity contribution in [3.63, 3.8) is 0 Å². The molecule has 0 amide bonds. The van der Waals surface area contributed by atoms with E-state index in [-0.39, 0.29) is 0 Å². The van der Waals surface area contributed by atoms with Crippen molar-refractivity contribution in [3.8, 4) is 0 Å². The van der Waals surface area contributed by atoms with Gasteiger partial charge in [0.25, 0.3) is 0 Å². The van der Waals surface area contributed by atoms with Crippen LogP contribution >= 0.6 is 11.3 Å². The molecule has 1 aliphatic rings. The van der Waals surface area contributed by atoms with Crippen LogP contribution in [-0.4, -0.2) is 6.54 Å². The molecule has 0 spiro atoms. The highest BCUT2D eigenvalue weighted by molar-refractivity contribution is 7.10. The van der Waals surface area contributed by atoms with Crippen molar-refractivity contribution in [2.45, 2.75) is 52.0 Å². The Morgan fingerprint density at radius 1 is 1.44 bits per heavy atom. The van der Waals surface area contributed by atoms with Gasteiger partial charge in [-0.2, -0.15) is 0 Å². The molecule has 0 radical (unpaired) electrons. The first-order chi connectivity index (χ1) is 7.81. The van der Waals surface area contributed by atoms with Crippen LogP contribution in [0.1, 0.15) is 55.5 Å². The molecule has 1 fully saturated rings.